The Labute approximate surface area is 155 Å². The number of aliphatic hydroxyl groups excluding tert-OH is 1. The minimum Gasteiger partial charge on any atom is -0.509 e. The van der Waals surface area contributed by atoms with Crippen molar-refractivity contribution in [1.82, 2.24) is 5.32 Å². The van der Waals surface area contributed by atoms with Crippen LogP contribution < -0.4 is 5.32 Å². The van der Waals surface area contributed by atoms with E-state index in [4.69, 9.17) is 0 Å². The van der Waals surface area contributed by atoms with Crippen molar-refractivity contribution in [3.63, 3.8) is 0 Å². The number of hydrogen-bond acceptors (Lipinski definition) is 3. The van der Waals surface area contributed by atoms with Gasteiger partial charge in [0.25, 0.3) is 5.91 Å². The maximum Gasteiger partial charge on any atom is 0.417 e. The number of amides is 1. The molecule has 0 bridgehead atoms. The highest BCUT2D eigenvalue weighted by Gasteiger charge is 2.59. The molecular formula is C17H16BrF4NO3. The molecule has 0 aromatic heterocycles. The fourth-order valence-corrected chi connectivity index (χ4v) is 3.93. The maximum absolute atomic E-state index is 13.6. The average Bonchev–Trinajstić information content (AvgIpc) is 2.76. The van der Waals surface area contributed by atoms with Crippen LogP contribution in [0.15, 0.2) is 22.4 Å². The molecule has 1 fully saturated rings. The number of rotatable bonds is 1. The molecule has 3 N–H and O–H groups in total. The second-order valence-corrected chi connectivity index (χ2v) is 7.72. The Morgan fingerprint density at radius 2 is 1.77 bits per heavy atom. The first-order chi connectivity index (χ1) is 11.9. The lowest BCUT2D eigenvalue weighted by molar-refractivity contribution is -0.272. The van der Waals surface area contributed by atoms with E-state index in [0.717, 1.165) is 0 Å². The molecule has 1 saturated carbocycles. The monoisotopic (exact) mass is 437 g/mol. The Hall–Kier alpha value is -1.61. The van der Waals surface area contributed by atoms with Gasteiger partial charge in [-0.2, -0.15) is 13.2 Å². The summed E-state index contributed by atoms with van der Waals surface area (Å²) in [5.74, 6) is -1.54. The van der Waals surface area contributed by atoms with E-state index in [2.05, 4.69) is 21.2 Å². The highest BCUT2D eigenvalue weighted by molar-refractivity contribution is 9.10. The van der Waals surface area contributed by atoms with Crippen LogP contribution in [-0.2, 0) is 4.79 Å². The van der Waals surface area contributed by atoms with Crippen LogP contribution in [-0.4, -0.2) is 33.4 Å². The van der Waals surface area contributed by atoms with Gasteiger partial charge in [-0.1, -0.05) is 0 Å². The lowest BCUT2D eigenvalue weighted by Gasteiger charge is -2.42. The van der Waals surface area contributed by atoms with E-state index in [9.17, 15) is 32.6 Å². The van der Waals surface area contributed by atoms with Crippen molar-refractivity contribution in [3.8, 4) is 0 Å². The summed E-state index contributed by atoms with van der Waals surface area (Å²) in [5, 5.41) is 23.1. The van der Waals surface area contributed by atoms with E-state index < -0.39 is 41.9 Å². The molecule has 1 aromatic carbocycles. The largest absolute Gasteiger partial charge is 0.509 e. The van der Waals surface area contributed by atoms with Crippen molar-refractivity contribution >= 4 is 27.4 Å². The van der Waals surface area contributed by atoms with Crippen molar-refractivity contribution in [2.24, 2.45) is 0 Å². The fraction of sp³-hybridized carbons (Fsp3) is 0.471. The summed E-state index contributed by atoms with van der Waals surface area (Å²) in [6.45, 7) is 1.56. The molecule has 1 heterocycles. The Bertz CT molecular complexity index is 811. The van der Waals surface area contributed by atoms with Gasteiger partial charge in [-0.15, -0.1) is 0 Å². The molecule has 1 aromatic rings. The quantitative estimate of drug-likeness (QED) is 0.583. The highest BCUT2D eigenvalue weighted by atomic mass is 79.9. The van der Waals surface area contributed by atoms with Crippen LogP contribution in [0.25, 0.3) is 5.57 Å². The van der Waals surface area contributed by atoms with Gasteiger partial charge in [-0.25, -0.2) is 4.39 Å². The summed E-state index contributed by atoms with van der Waals surface area (Å²) in [5.41, 5.74) is -3.57. The molecule has 1 spiro atoms. The Morgan fingerprint density at radius 1 is 1.19 bits per heavy atom. The molecule has 9 heteroatoms. The van der Waals surface area contributed by atoms with Gasteiger partial charge in [-0.3, -0.25) is 4.79 Å². The molecule has 26 heavy (non-hydrogen) atoms. The second-order valence-electron chi connectivity index (χ2n) is 6.87. The smallest absolute Gasteiger partial charge is 0.417 e. The molecule has 2 aliphatic rings. The van der Waals surface area contributed by atoms with Crippen molar-refractivity contribution in [2.45, 2.75) is 49.9 Å². The van der Waals surface area contributed by atoms with Crippen molar-refractivity contribution in [1.29, 1.82) is 0 Å². The van der Waals surface area contributed by atoms with E-state index in [1.165, 1.54) is 12.1 Å². The maximum atomic E-state index is 13.6. The van der Waals surface area contributed by atoms with Gasteiger partial charge < -0.3 is 15.5 Å². The zero-order chi connectivity index (χ0) is 19.5. The minimum absolute atomic E-state index is 0.0827. The third-order valence-electron chi connectivity index (χ3n) is 5.26. The molecule has 3 rings (SSSR count). The number of alkyl halides is 3. The second kappa shape index (κ2) is 5.95. The first kappa shape index (κ1) is 19.2. The summed E-state index contributed by atoms with van der Waals surface area (Å²) in [6.07, 6.45) is -6.57. The van der Waals surface area contributed by atoms with Crippen LogP contribution in [0.5, 0.6) is 0 Å². The number of carbonyl (C=O) groups excluding carboxylic acids is 1. The standard InChI is InChI=1S/C17H16BrF4NO3/c1-8-6-11(19)10(18)7-9(8)12-13(24)15(23-14(12)25)2-4-16(26,5-3-15)17(20,21)22/h6-7,24,26H,2-5H2,1H3,(H,23,25)/t15-,16-. The molecule has 0 saturated heterocycles. The van der Waals surface area contributed by atoms with Gasteiger partial charge in [0.15, 0.2) is 5.60 Å². The van der Waals surface area contributed by atoms with Gasteiger partial charge in [0, 0.05) is 0 Å². The summed E-state index contributed by atoms with van der Waals surface area (Å²) >= 11 is 3.02. The number of aliphatic hydroxyl groups is 2. The van der Waals surface area contributed by atoms with E-state index in [1.807, 2.05) is 0 Å². The van der Waals surface area contributed by atoms with Crippen LogP contribution in [0.2, 0.25) is 0 Å². The summed E-state index contributed by atoms with van der Waals surface area (Å²) in [7, 11) is 0. The average molecular weight is 438 g/mol. The zero-order valence-corrected chi connectivity index (χ0v) is 15.3. The topological polar surface area (TPSA) is 69.6 Å². The number of carbonyl (C=O) groups is 1. The lowest BCUT2D eigenvalue weighted by Crippen LogP contribution is -2.56. The van der Waals surface area contributed by atoms with Crippen LogP contribution in [0.1, 0.15) is 36.8 Å². The third-order valence-corrected chi connectivity index (χ3v) is 5.87. The number of hydrogen-bond donors (Lipinski definition) is 3. The predicted octanol–water partition coefficient (Wildman–Crippen LogP) is 3.90. The van der Waals surface area contributed by atoms with Crippen molar-refractivity contribution < 1.29 is 32.6 Å². The molecule has 4 nitrogen and oxygen atoms in total. The summed E-state index contributed by atoms with van der Waals surface area (Å²) in [6, 6.07) is 2.55. The summed E-state index contributed by atoms with van der Waals surface area (Å²) in [4.78, 5) is 12.4. The highest BCUT2D eigenvalue weighted by Crippen LogP contribution is 2.49. The van der Waals surface area contributed by atoms with Crippen molar-refractivity contribution in [2.75, 3.05) is 0 Å². The zero-order valence-electron chi connectivity index (χ0n) is 13.7. The fourth-order valence-electron chi connectivity index (χ4n) is 3.59. The molecule has 1 amide bonds. The van der Waals surface area contributed by atoms with Crippen LogP contribution in [0.3, 0.4) is 0 Å². The first-order valence-corrected chi connectivity index (χ1v) is 8.71. The van der Waals surface area contributed by atoms with E-state index in [0.29, 0.717) is 11.1 Å². The number of halogens is 5. The van der Waals surface area contributed by atoms with Gasteiger partial charge in [0.05, 0.1) is 15.6 Å². The summed E-state index contributed by atoms with van der Waals surface area (Å²) < 4.78 is 52.7. The molecule has 0 radical (unpaired) electrons. The van der Waals surface area contributed by atoms with Crippen molar-refractivity contribution in [3.05, 3.63) is 39.3 Å². The third kappa shape index (κ3) is 2.81. The molecular weight excluding hydrogens is 422 g/mol. The molecule has 0 unspecified atom stereocenters. The van der Waals surface area contributed by atoms with Gasteiger partial charge in [0.2, 0.25) is 0 Å². The van der Waals surface area contributed by atoms with Gasteiger partial charge in [-0.05, 0) is 71.8 Å². The lowest BCUT2D eigenvalue weighted by atomic mass is 9.73. The van der Waals surface area contributed by atoms with Crippen LogP contribution >= 0.6 is 15.9 Å². The Balaban J connectivity index is 1.99. The Kier molecular flexibility index (Phi) is 4.39. The van der Waals surface area contributed by atoms with Gasteiger partial charge >= 0.3 is 6.18 Å². The van der Waals surface area contributed by atoms with E-state index >= 15 is 0 Å². The number of nitrogens with one attached hydrogen (secondary N) is 1. The SMILES string of the molecule is Cc1cc(F)c(Br)cc1C1=C(O)[C@]2(CC[C@](O)(C(F)(F)F)CC2)NC1=O. The minimum atomic E-state index is -4.78. The van der Waals surface area contributed by atoms with Crippen LogP contribution in [0.4, 0.5) is 17.6 Å². The first-order valence-electron chi connectivity index (χ1n) is 7.92. The van der Waals surface area contributed by atoms with E-state index in [-0.39, 0.29) is 28.6 Å². The van der Waals surface area contributed by atoms with E-state index in [1.54, 1.807) is 6.92 Å². The number of aryl methyl sites for hydroxylation is 1. The number of benzene rings is 1. The Morgan fingerprint density at radius 3 is 2.31 bits per heavy atom. The molecule has 0 atom stereocenters. The van der Waals surface area contributed by atoms with Gasteiger partial charge in [0.1, 0.15) is 11.6 Å². The molecule has 142 valence electrons. The normalized spacial score (nSPS) is 29.4. The predicted molar refractivity (Wildman–Crippen MR) is 88.7 cm³/mol. The molecule has 1 aliphatic heterocycles. The molecule has 1 aliphatic carbocycles. The van der Waals surface area contributed by atoms with Crippen LogP contribution in [0, 0.1) is 12.7 Å².